The number of fused-ring (bicyclic) bond motifs is 2. The molecule has 0 spiro atoms. The van der Waals surface area contributed by atoms with Crippen molar-refractivity contribution in [3.05, 3.63) is 35.4 Å². The number of halogens is 2. The minimum Gasteiger partial charge on any atom is -0.300 e. The monoisotopic (exact) mass is 265 g/mol. The van der Waals surface area contributed by atoms with E-state index in [1.54, 1.807) is 0 Å². The summed E-state index contributed by atoms with van der Waals surface area (Å²) in [4.78, 5) is 13.8. The zero-order valence-electron chi connectivity index (χ0n) is 10.7. The molecular formula is C15H17F2NO. The summed E-state index contributed by atoms with van der Waals surface area (Å²) in [6.07, 6.45) is 4.23. The number of piperidine rings is 2. The minimum atomic E-state index is -0.408. The molecule has 2 aliphatic rings. The third-order valence-electron chi connectivity index (χ3n) is 4.30. The van der Waals surface area contributed by atoms with E-state index >= 15 is 0 Å². The second-order valence-corrected chi connectivity index (χ2v) is 5.59. The average molecular weight is 265 g/mol. The molecule has 3 rings (SSSR count). The highest BCUT2D eigenvalue weighted by Gasteiger charge is 2.37. The third-order valence-corrected chi connectivity index (χ3v) is 4.30. The molecule has 2 nitrogen and oxygen atoms in total. The smallest absolute Gasteiger partial charge is 0.136 e. The molecule has 0 amide bonds. The quantitative estimate of drug-likeness (QED) is 0.819. The third kappa shape index (κ3) is 2.54. The van der Waals surface area contributed by atoms with Crippen LogP contribution in [0.2, 0.25) is 0 Å². The van der Waals surface area contributed by atoms with E-state index in [1.165, 1.54) is 12.1 Å². The molecule has 2 fully saturated rings. The molecule has 2 heterocycles. The SMILES string of the molecule is O=C1CC2CCCC(C1)N2Cc1cc(F)ccc1F. The Bertz CT molecular complexity index is 487. The summed E-state index contributed by atoms with van der Waals surface area (Å²) in [7, 11) is 0. The topological polar surface area (TPSA) is 20.3 Å². The molecule has 2 bridgehead atoms. The van der Waals surface area contributed by atoms with E-state index in [1.807, 2.05) is 0 Å². The van der Waals surface area contributed by atoms with Crippen molar-refractivity contribution in [1.82, 2.24) is 4.90 Å². The highest BCUT2D eigenvalue weighted by Crippen LogP contribution is 2.33. The number of rotatable bonds is 2. The van der Waals surface area contributed by atoms with Crippen LogP contribution in [0.15, 0.2) is 18.2 Å². The maximum Gasteiger partial charge on any atom is 0.136 e. The lowest BCUT2D eigenvalue weighted by atomic mass is 9.83. The van der Waals surface area contributed by atoms with E-state index in [4.69, 9.17) is 0 Å². The van der Waals surface area contributed by atoms with Crippen molar-refractivity contribution in [1.29, 1.82) is 0 Å². The predicted molar refractivity (Wildman–Crippen MR) is 67.6 cm³/mol. The van der Waals surface area contributed by atoms with Crippen LogP contribution in [0.1, 0.15) is 37.7 Å². The van der Waals surface area contributed by atoms with E-state index < -0.39 is 5.82 Å². The lowest BCUT2D eigenvalue weighted by molar-refractivity contribution is -0.127. The predicted octanol–water partition coefficient (Wildman–Crippen LogP) is 3.05. The summed E-state index contributed by atoms with van der Waals surface area (Å²) in [6, 6.07) is 4.00. The van der Waals surface area contributed by atoms with Gasteiger partial charge in [-0.3, -0.25) is 9.69 Å². The number of benzene rings is 1. The van der Waals surface area contributed by atoms with Crippen molar-refractivity contribution in [2.45, 2.75) is 50.7 Å². The van der Waals surface area contributed by atoms with Gasteiger partial charge in [0.05, 0.1) is 0 Å². The van der Waals surface area contributed by atoms with Crippen LogP contribution in [0.3, 0.4) is 0 Å². The first-order valence-corrected chi connectivity index (χ1v) is 6.85. The second kappa shape index (κ2) is 5.00. The van der Waals surface area contributed by atoms with Gasteiger partial charge in [-0.1, -0.05) is 6.42 Å². The number of hydrogen-bond donors (Lipinski definition) is 0. The molecule has 0 aliphatic carbocycles. The van der Waals surface area contributed by atoms with Gasteiger partial charge in [-0.2, -0.15) is 0 Å². The number of carbonyl (C=O) groups excluding carboxylic acids is 1. The van der Waals surface area contributed by atoms with Gasteiger partial charge in [-0.15, -0.1) is 0 Å². The van der Waals surface area contributed by atoms with Gasteiger partial charge < -0.3 is 0 Å². The van der Waals surface area contributed by atoms with Crippen molar-refractivity contribution >= 4 is 5.78 Å². The Labute approximate surface area is 111 Å². The Morgan fingerprint density at radius 3 is 2.53 bits per heavy atom. The maximum atomic E-state index is 13.7. The van der Waals surface area contributed by atoms with Crippen LogP contribution in [-0.4, -0.2) is 22.8 Å². The number of nitrogens with zero attached hydrogens (tertiary/aromatic N) is 1. The van der Waals surface area contributed by atoms with Gasteiger partial charge in [-0.25, -0.2) is 8.78 Å². The fraction of sp³-hybridized carbons (Fsp3) is 0.533. The lowest BCUT2D eigenvalue weighted by Crippen LogP contribution is -2.51. The standard InChI is InChI=1S/C15H17F2NO/c16-11-4-5-15(17)10(6-11)9-18-12-2-1-3-13(18)8-14(19)7-12/h4-6,12-13H,1-3,7-9H2. The van der Waals surface area contributed by atoms with Crippen LogP contribution in [-0.2, 0) is 11.3 Å². The Morgan fingerprint density at radius 2 is 1.84 bits per heavy atom. The molecule has 19 heavy (non-hydrogen) atoms. The van der Waals surface area contributed by atoms with Crippen LogP contribution in [0.5, 0.6) is 0 Å². The molecule has 2 unspecified atom stereocenters. The van der Waals surface area contributed by atoms with Crippen molar-refractivity contribution < 1.29 is 13.6 Å². The van der Waals surface area contributed by atoms with Crippen LogP contribution in [0, 0.1) is 11.6 Å². The van der Waals surface area contributed by atoms with Crippen LogP contribution in [0.25, 0.3) is 0 Å². The highest BCUT2D eigenvalue weighted by atomic mass is 19.1. The van der Waals surface area contributed by atoms with Gasteiger partial charge in [0.25, 0.3) is 0 Å². The zero-order chi connectivity index (χ0) is 13.4. The lowest BCUT2D eigenvalue weighted by Gasteiger charge is -2.45. The van der Waals surface area contributed by atoms with Crippen LogP contribution < -0.4 is 0 Å². The van der Waals surface area contributed by atoms with E-state index in [0.717, 1.165) is 25.3 Å². The Kier molecular flexibility index (Phi) is 3.35. The first kappa shape index (κ1) is 12.7. The average Bonchev–Trinajstić information content (AvgIpc) is 2.35. The highest BCUT2D eigenvalue weighted by molar-refractivity contribution is 5.80. The van der Waals surface area contributed by atoms with Gasteiger partial charge >= 0.3 is 0 Å². The largest absolute Gasteiger partial charge is 0.300 e. The van der Waals surface area contributed by atoms with E-state index in [-0.39, 0.29) is 17.9 Å². The summed E-state index contributed by atoms with van der Waals surface area (Å²) in [6.45, 7) is 0.409. The van der Waals surface area contributed by atoms with Gasteiger partial charge in [0.2, 0.25) is 0 Å². The van der Waals surface area contributed by atoms with Crippen molar-refractivity contribution in [2.24, 2.45) is 0 Å². The van der Waals surface area contributed by atoms with E-state index in [2.05, 4.69) is 4.90 Å². The first-order valence-electron chi connectivity index (χ1n) is 6.85. The molecule has 1 aromatic carbocycles. The molecule has 2 saturated heterocycles. The van der Waals surface area contributed by atoms with Crippen molar-refractivity contribution in [2.75, 3.05) is 0 Å². The van der Waals surface area contributed by atoms with E-state index in [0.29, 0.717) is 30.7 Å². The minimum absolute atomic E-state index is 0.211. The summed E-state index contributed by atoms with van der Waals surface area (Å²) < 4.78 is 26.9. The zero-order valence-corrected chi connectivity index (χ0v) is 10.7. The van der Waals surface area contributed by atoms with Crippen LogP contribution >= 0.6 is 0 Å². The number of ketones is 1. The molecule has 0 aromatic heterocycles. The molecular weight excluding hydrogens is 248 g/mol. The first-order chi connectivity index (χ1) is 9.13. The summed E-state index contributed by atoms with van der Waals surface area (Å²) >= 11 is 0. The molecule has 1 aromatic rings. The molecule has 0 radical (unpaired) electrons. The number of hydrogen-bond acceptors (Lipinski definition) is 2. The molecule has 102 valence electrons. The molecule has 2 aliphatic heterocycles. The number of Topliss-reactive ketones (excluding diaryl/α,β-unsaturated/α-hetero) is 1. The van der Waals surface area contributed by atoms with Crippen molar-refractivity contribution in [3.8, 4) is 0 Å². The maximum absolute atomic E-state index is 13.7. The summed E-state index contributed by atoms with van der Waals surface area (Å²) in [5.41, 5.74) is 0.395. The molecule has 0 saturated carbocycles. The Morgan fingerprint density at radius 1 is 1.16 bits per heavy atom. The summed E-state index contributed by atoms with van der Waals surface area (Å²) in [5.74, 6) is -0.461. The van der Waals surface area contributed by atoms with Gasteiger partial charge in [0.15, 0.2) is 0 Å². The van der Waals surface area contributed by atoms with Gasteiger partial charge in [0, 0.05) is 37.0 Å². The molecule has 4 heteroatoms. The molecule has 0 N–H and O–H groups in total. The Balaban J connectivity index is 1.82. The van der Waals surface area contributed by atoms with E-state index in [9.17, 15) is 13.6 Å². The number of carbonyl (C=O) groups is 1. The fourth-order valence-corrected chi connectivity index (χ4v) is 3.39. The normalized spacial score (nSPS) is 27.6. The van der Waals surface area contributed by atoms with Crippen LogP contribution in [0.4, 0.5) is 8.78 Å². The fourth-order valence-electron chi connectivity index (χ4n) is 3.39. The Hall–Kier alpha value is -1.29. The van der Waals surface area contributed by atoms with Crippen molar-refractivity contribution in [3.63, 3.8) is 0 Å². The van der Waals surface area contributed by atoms with Gasteiger partial charge in [-0.05, 0) is 31.0 Å². The van der Waals surface area contributed by atoms with Gasteiger partial charge in [0.1, 0.15) is 17.4 Å². The molecule has 2 atom stereocenters. The second-order valence-electron chi connectivity index (χ2n) is 5.59. The summed E-state index contributed by atoms with van der Waals surface area (Å²) in [5, 5.41) is 0.